The molecule has 0 unspecified atom stereocenters. The van der Waals surface area contributed by atoms with E-state index in [0.29, 0.717) is 28.2 Å². The van der Waals surface area contributed by atoms with E-state index in [2.05, 4.69) is 20.6 Å². The third-order valence-corrected chi connectivity index (χ3v) is 7.42. The van der Waals surface area contributed by atoms with Gasteiger partial charge in [-0.1, -0.05) is 18.2 Å². The minimum Gasteiger partial charge on any atom is -0.368 e. The second kappa shape index (κ2) is 9.12. The van der Waals surface area contributed by atoms with Crippen LogP contribution < -0.4 is 22.1 Å². The summed E-state index contributed by atoms with van der Waals surface area (Å²) in [5.74, 6) is 0.0761. The Morgan fingerprint density at radius 1 is 1.09 bits per heavy atom. The van der Waals surface area contributed by atoms with Crippen molar-refractivity contribution in [3.8, 4) is 5.69 Å². The number of nitrogen functional groups attached to an aromatic ring is 1. The average Bonchev–Trinajstić information content (AvgIpc) is 3.23. The van der Waals surface area contributed by atoms with Gasteiger partial charge in [0.1, 0.15) is 5.52 Å². The number of sulfone groups is 1. The SMILES string of the molecule is CC(C)S(=O)(=O)c1ccccc1Nc1nc(N)nc2ccn(-c3cccc(NC(=O)CN)c3)c12. The van der Waals surface area contributed by atoms with E-state index in [0.717, 1.165) is 5.69 Å². The Hall–Kier alpha value is -3.96. The van der Waals surface area contributed by atoms with Crippen LogP contribution >= 0.6 is 0 Å². The van der Waals surface area contributed by atoms with Gasteiger partial charge in [-0.3, -0.25) is 4.79 Å². The fourth-order valence-electron chi connectivity index (χ4n) is 3.51. The Bertz CT molecular complexity index is 1480. The molecule has 0 atom stereocenters. The van der Waals surface area contributed by atoms with E-state index in [9.17, 15) is 13.2 Å². The molecule has 0 fully saturated rings. The van der Waals surface area contributed by atoms with E-state index in [4.69, 9.17) is 11.5 Å². The molecule has 0 radical (unpaired) electrons. The lowest BCUT2D eigenvalue weighted by Crippen LogP contribution is -2.21. The molecule has 2 heterocycles. The maximum absolute atomic E-state index is 12.9. The number of rotatable bonds is 7. The summed E-state index contributed by atoms with van der Waals surface area (Å²) in [6, 6.07) is 15.6. The molecule has 0 aliphatic heterocycles. The van der Waals surface area contributed by atoms with Crippen LogP contribution in [-0.2, 0) is 14.6 Å². The number of carbonyl (C=O) groups excluding carboxylic acids is 1. The van der Waals surface area contributed by atoms with Gasteiger partial charge in [0.2, 0.25) is 11.9 Å². The number of nitrogens with zero attached hydrogens (tertiary/aromatic N) is 3. The van der Waals surface area contributed by atoms with Crippen LogP contribution in [0.1, 0.15) is 13.8 Å². The first-order valence-electron chi connectivity index (χ1n) is 10.6. The molecular formula is C23H25N7O3S. The molecule has 0 aliphatic rings. The lowest BCUT2D eigenvalue weighted by molar-refractivity contribution is -0.114. The number of carbonyl (C=O) groups is 1. The number of aromatic nitrogens is 3. The van der Waals surface area contributed by atoms with Gasteiger partial charge in [-0.2, -0.15) is 4.98 Å². The summed E-state index contributed by atoms with van der Waals surface area (Å²) in [6.07, 6.45) is 1.80. The first-order chi connectivity index (χ1) is 16.2. The maximum atomic E-state index is 12.9. The lowest BCUT2D eigenvalue weighted by Gasteiger charge is -2.16. The Balaban J connectivity index is 1.84. The van der Waals surface area contributed by atoms with E-state index in [-0.39, 0.29) is 23.3 Å². The van der Waals surface area contributed by atoms with Crippen molar-refractivity contribution < 1.29 is 13.2 Å². The number of amides is 1. The van der Waals surface area contributed by atoms with Gasteiger partial charge >= 0.3 is 0 Å². The Labute approximate surface area is 196 Å². The third kappa shape index (κ3) is 4.43. The number of anilines is 4. The van der Waals surface area contributed by atoms with Gasteiger partial charge in [0.15, 0.2) is 15.7 Å². The molecule has 6 N–H and O–H groups in total. The Morgan fingerprint density at radius 3 is 2.59 bits per heavy atom. The molecule has 0 bridgehead atoms. The zero-order valence-corrected chi connectivity index (χ0v) is 19.5. The molecule has 34 heavy (non-hydrogen) atoms. The van der Waals surface area contributed by atoms with Crippen LogP contribution in [0.5, 0.6) is 0 Å². The van der Waals surface area contributed by atoms with E-state index < -0.39 is 15.1 Å². The van der Waals surface area contributed by atoms with Gasteiger partial charge in [-0.05, 0) is 50.2 Å². The van der Waals surface area contributed by atoms with E-state index in [1.54, 1.807) is 68.6 Å². The largest absolute Gasteiger partial charge is 0.368 e. The number of benzene rings is 2. The van der Waals surface area contributed by atoms with Gasteiger partial charge in [0, 0.05) is 17.6 Å². The summed E-state index contributed by atoms with van der Waals surface area (Å²) < 4.78 is 27.7. The number of hydrogen-bond acceptors (Lipinski definition) is 8. The third-order valence-electron chi connectivity index (χ3n) is 5.21. The molecule has 0 saturated carbocycles. The highest BCUT2D eigenvalue weighted by Crippen LogP contribution is 2.32. The highest BCUT2D eigenvalue weighted by molar-refractivity contribution is 7.92. The molecule has 10 nitrogen and oxygen atoms in total. The molecule has 0 spiro atoms. The molecule has 0 saturated heterocycles. The summed E-state index contributed by atoms with van der Waals surface area (Å²) in [4.78, 5) is 20.5. The summed E-state index contributed by atoms with van der Waals surface area (Å²) in [5, 5.41) is 5.29. The molecular weight excluding hydrogens is 454 g/mol. The standard InChI is InChI=1S/C23H25N7O3S/c1-14(2)34(32,33)19-9-4-3-8-17(19)27-22-21-18(28-23(25)29-22)10-11-30(21)16-7-5-6-15(12-16)26-20(31)13-24/h3-12,14H,13,24H2,1-2H3,(H,26,31)(H3,25,27,28,29). The van der Waals surface area contributed by atoms with Crippen molar-refractivity contribution >= 4 is 49.9 Å². The fraction of sp³-hybridized carbons (Fsp3) is 0.174. The first-order valence-corrected chi connectivity index (χ1v) is 12.1. The van der Waals surface area contributed by atoms with E-state index in [1.165, 1.54) is 0 Å². The van der Waals surface area contributed by atoms with E-state index >= 15 is 0 Å². The topological polar surface area (TPSA) is 158 Å². The quantitative estimate of drug-likeness (QED) is 0.315. The summed E-state index contributed by atoms with van der Waals surface area (Å²) in [6.45, 7) is 3.14. The number of nitrogens with one attached hydrogen (secondary N) is 2. The molecule has 2 aromatic carbocycles. The second-order valence-electron chi connectivity index (χ2n) is 7.87. The predicted molar refractivity (Wildman–Crippen MR) is 133 cm³/mol. The van der Waals surface area contributed by atoms with Crippen LogP contribution in [0.4, 0.5) is 23.1 Å². The van der Waals surface area contributed by atoms with Crippen LogP contribution in [0, 0.1) is 0 Å². The molecule has 1 amide bonds. The van der Waals surface area contributed by atoms with Gasteiger partial charge < -0.3 is 26.7 Å². The number of para-hydroxylation sites is 1. The predicted octanol–water partition coefficient (Wildman–Crippen LogP) is 2.83. The van der Waals surface area contributed by atoms with Gasteiger partial charge in [-0.15, -0.1) is 0 Å². The molecule has 0 aliphatic carbocycles. The number of fused-ring (bicyclic) bond motifs is 1. The lowest BCUT2D eigenvalue weighted by atomic mass is 10.2. The second-order valence-corrected chi connectivity index (χ2v) is 10.3. The van der Waals surface area contributed by atoms with Gasteiger partial charge in [-0.25, -0.2) is 13.4 Å². The molecule has 176 valence electrons. The normalized spacial score (nSPS) is 11.6. The smallest absolute Gasteiger partial charge is 0.238 e. The van der Waals surface area contributed by atoms with Crippen LogP contribution in [-0.4, -0.2) is 40.7 Å². The first kappa shape index (κ1) is 23.2. The van der Waals surface area contributed by atoms with Gasteiger partial charge in [0.05, 0.1) is 27.9 Å². The molecule has 4 rings (SSSR count). The highest BCUT2D eigenvalue weighted by Gasteiger charge is 2.23. The zero-order chi connectivity index (χ0) is 24.5. The van der Waals surface area contributed by atoms with Crippen molar-refractivity contribution in [3.05, 3.63) is 60.8 Å². The monoisotopic (exact) mass is 479 g/mol. The molecule has 2 aromatic heterocycles. The van der Waals surface area contributed by atoms with Crippen molar-refractivity contribution in [1.29, 1.82) is 0 Å². The average molecular weight is 480 g/mol. The summed E-state index contributed by atoms with van der Waals surface area (Å²) in [5.41, 5.74) is 14.2. The summed E-state index contributed by atoms with van der Waals surface area (Å²) >= 11 is 0. The summed E-state index contributed by atoms with van der Waals surface area (Å²) in [7, 11) is -3.55. The fourth-order valence-corrected chi connectivity index (χ4v) is 4.71. The highest BCUT2D eigenvalue weighted by atomic mass is 32.2. The maximum Gasteiger partial charge on any atom is 0.238 e. The Kier molecular flexibility index (Phi) is 6.22. The number of hydrogen-bond donors (Lipinski definition) is 4. The van der Waals surface area contributed by atoms with Crippen LogP contribution in [0.25, 0.3) is 16.7 Å². The van der Waals surface area contributed by atoms with Crippen molar-refractivity contribution in [2.75, 3.05) is 22.9 Å². The van der Waals surface area contributed by atoms with Crippen molar-refractivity contribution in [1.82, 2.24) is 14.5 Å². The van der Waals surface area contributed by atoms with E-state index in [1.807, 2.05) is 10.6 Å². The number of nitrogens with two attached hydrogens (primary N) is 2. The van der Waals surface area contributed by atoms with Crippen molar-refractivity contribution in [2.45, 2.75) is 24.0 Å². The minimum atomic E-state index is -3.55. The van der Waals surface area contributed by atoms with Crippen LogP contribution in [0.15, 0.2) is 65.7 Å². The molecule has 11 heteroatoms. The molecule has 4 aromatic rings. The van der Waals surface area contributed by atoms with Crippen LogP contribution in [0.2, 0.25) is 0 Å². The minimum absolute atomic E-state index is 0.0425. The zero-order valence-electron chi connectivity index (χ0n) is 18.7. The Morgan fingerprint density at radius 2 is 1.85 bits per heavy atom. The van der Waals surface area contributed by atoms with Gasteiger partial charge in [0.25, 0.3) is 0 Å². The van der Waals surface area contributed by atoms with Crippen LogP contribution in [0.3, 0.4) is 0 Å². The van der Waals surface area contributed by atoms with Crippen molar-refractivity contribution in [2.24, 2.45) is 5.73 Å². The van der Waals surface area contributed by atoms with Crippen molar-refractivity contribution in [3.63, 3.8) is 0 Å².